The summed E-state index contributed by atoms with van der Waals surface area (Å²) >= 11 is 1.17. The van der Waals surface area contributed by atoms with Gasteiger partial charge in [-0.05, 0) is 66.6 Å². The van der Waals surface area contributed by atoms with Gasteiger partial charge in [0.05, 0.1) is 5.69 Å². The Balaban J connectivity index is 1.55. The number of carbonyl (C=O) groups is 2. The van der Waals surface area contributed by atoms with Gasteiger partial charge in [0.15, 0.2) is 0 Å². The number of hydrogen-bond donors (Lipinski definition) is 2. The second kappa shape index (κ2) is 8.52. The van der Waals surface area contributed by atoms with Crippen LogP contribution in [0.1, 0.15) is 17.5 Å². The van der Waals surface area contributed by atoms with Gasteiger partial charge < -0.3 is 10.6 Å². The molecule has 31 heavy (non-hydrogen) atoms. The standard InChI is InChI=1S/C22H21N3O4S2/c1-15-5-2-7-17(13-15)23-21(26)22(27)24-18-10-9-16-6-3-11-25(19(16)14-18)31(28,29)20-8-4-12-30-20/h2,4-5,7-10,12-14H,3,6,11H2,1H3,(H,23,26)(H,24,27). The number of sulfonamides is 1. The maximum absolute atomic E-state index is 13.1. The predicted octanol–water partition coefficient (Wildman–Crippen LogP) is 3.78. The minimum absolute atomic E-state index is 0.271. The Kier molecular flexibility index (Phi) is 5.79. The van der Waals surface area contributed by atoms with E-state index in [0.717, 1.165) is 17.5 Å². The summed E-state index contributed by atoms with van der Waals surface area (Å²) in [5.41, 5.74) is 3.25. The van der Waals surface area contributed by atoms with Gasteiger partial charge in [0.2, 0.25) is 0 Å². The van der Waals surface area contributed by atoms with E-state index >= 15 is 0 Å². The van der Waals surface area contributed by atoms with Gasteiger partial charge in [-0.25, -0.2) is 8.42 Å². The highest BCUT2D eigenvalue weighted by Gasteiger charge is 2.30. The van der Waals surface area contributed by atoms with E-state index in [0.29, 0.717) is 30.0 Å². The van der Waals surface area contributed by atoms with E-state index in [-0.39, 0.29) is 4.21 Å². The smallest absolute Gasteiger partial charge is 0.314 e. The van der Waals surface area contributed by atoms with Crippen molar-refractivity contribution in [3.05, 3.63) is 71.1 Å². The zero-order chi connectivity index (χ0) is 22.0. The molecule has 0 unspecified atom stereocenters. The maximum atomic E-state index is 13.1. The van der Waals surface area contributed by atoms with Crippen LogP contribution in [0.25, 0.3) is 0 Å². The fourth-order valence-electron chi connectivity index (χ4n) is 3.49. The van der Waals surface area contributed by atoms with E-state index in [2.05, 4.69) is 10.6 Å². The highest BCUT2D eigenvalue weighted by Crippen LogP contribution is 2.35. The van der Waals surface area contributed by atoms with Gasteiger partial charge in [0.1, 0.15) is 4.21 Å². The molecule has 7 nitrogen and oxygen atoms in total. The molecule has 0 radical (unpaired) electrons. The van der Waals surface area contributed by atoms with Crippen molar-refractivity contribution in [2.45, 2.75) is 24.0 Å². The Morgan fingerprint density at radius 1 is 0.968 bits per heavy atom. The Labute approximate surface area is 184 Å². The first kappa shape index (κ1) is 21.1. The van der Waals surface area contributed by atoms with Crippen LogP contribution in [-0.4, -0.2) is 26.8 Å². The fourth-order valence-corrected chi connectivity index (χ4v) is 6.12. The van der Waals surface area contributed by atoms with Crippen LogP contribution in [0.5, 0.6) is 0 Å². The van der Waals surface area contributed by atoms with Gasteiger partial charge >= 0.3 is 11.8 Å². The summed E-state index contributed by atoms with van der Waals surface area (Å²) in [5, 5.41) is 6.85. The SMILES string of the molecule is Cc1cccc(NC(=O)C(=O)Nc2ccc3c(c2)N(S(=O)(=O)c2cccs2)CCC3)c1. The molecule has 1 aliphatic rings. The van der Waals surface area contributed by atoms with Crippen molar-refractivity contribution in [2.75, 3.05) is 21.5 Å². The molecule has 2 amide bonds. The Hall–Kier alpha value is -3.17. The van der Waals surface area contributed by atoms with Crippen molar-refractivity contribution in [3.8, 4) is 0 Å². The lowest BCUT2D eigenvalue weighted by molar-refractivity contribution is -0.132. The van der Waals surface area contributed by atoms with Crippen LogP contribution >= 0.6 is 11.3 Å². The molecule has 2 N–H and O–H groups in total. The average molecular weight is 456 g/mol. The van der Waals surface area contributed by atoms with Crippen molar-refractivity contribution in [1.29, 1.82) is 0 Å². The molecule has 0 fully saturated rings. The maximum Gasteiger partial charge on any atom is 0.314 e. The number of fused-ring (bicyclic) bond motifs is 1. The molecule has 0 saturated heterocycles. The molecule has 2 heterocycles. The topological polar surface area (TPSA) is 95.6 Å². The average Bonchev–Trinajstić information content (AvgIpc) is 3.29. The second-order valence-electron chi connectivity index (χ2n) is 7.23. The van der Waals surface area contributed by atoms with E-state index in [1.54, 1.807) is 53.9 Å². The lowest BCUT2D eigenvalue weighted by Gasteiger charge is -2.30. The number of aryl methyl sites for hydroxylation is 2. The number of amides is 2. The normalized spacial score (nSPS) is 13.4. The molecule has 2 aromatic carbocycles. The molecule has 1 aromatic heterocycles. The Morgan fingerprint density at radius 2 is 1.71 bits per heavy atom. The first-order chi connectivity index (χ1) is 14.8. The molecule has 0 saturated carbocycles. The highest BCUT2D eigenvalue weighted by atomic mass is 32.2. The number of rotatable bonds is 4. The van der Waals surface area contributed by atoms with Gasteiger partial charge in [0.25, 0.3) is 10.0 Å². The minimum atomic E-state index is -3.68. The predicted molar refractivity (Wildman–Crippen MR) is 122 cm³/mol. The number of hydrogen-bond acceptors (Lipinski definition) is 5. The summed E-state index contributed by atoms with van der Waals surface area (Å²) in [4.78, 5) is 24.6. The van der Waals surface area contributed by atoms with E-state index < -0.39 is 21.8 Å². The number of anilines is 3. The number of carbonyl (C=O) groups excluding carboxylic acids is 2. The third-order valence-electron chi connectivity index (χ3n) is 4.94. The molecule has 4 rings (SSSR count). The van der Waals surface area contributed by atoms with Gasteiger partial charge in [-0.2, -0.15) is 0 Å². The molecule has 160 valence electrons. The Morgan fingerprint density at radius 3 is 2.39 bits per heavy atom. The van der Waals surface area contributed by atoms with Gasteiger partial charge in [-0.1, -0.05) is 24.3 Å². The lowest BCUT2D eigenvalue weighted by Crippen LogP contribution is -2.35. The number of benzene rings is 2. The van der Waals surface area contributed by atoms with Crippen molar-refractivity contribution in [3.63, 3.8) is 0 Å². The highest BCUT2D eigenvalue weighted by molar-refractivity contribution is 7.94. The monoisotopic (exact) mass is 455 g/mol. The van der Waals surface area contributed by atoms with E-state index in [1.165, 1.54) is 15.6 Å². The molecule has 9 heteroatoms. The molecule has 3 aromatic rings. The molecule has 0 bridgehead atoms. The summed E-state index contributed by atoms with van der Waals surface area (Å²) in [6, 6.07) is 15.5. The summed E-state index contributed by atoms with van der Waals surface area (Å²) in [7, 11) is -3.68. The molecule has 0 spiro atoms. The quantitative estimate of drug-likeness (QED) is 0.586. The van der Waals surface area contributed by atoms with E-state index in [9.17, 15) is 18.0 Å². The number of thiophene rings is 1. The summed E-state index contributed by atoms with van der Waals surface area (Å²) in [6.45, 7) is 2.25. The molecule has 0 atom stereocenters. The van der Waals surface area contributed by atoms with Crippen LogP contribution in [0.3, 0.4) is 0 Å². The van der Waals surface area contributed by atoms with Crippen molar-refractivity contribution < 1.29 is 18.0 Å². The van der Waals surface area contributed by atoms with E-state index in [4.69, 9.17) is 0 Å². The third kappa shape index (κ3) is 4.47. The van der Waals surface area contributed by atoms with Crippen LogP contribution in [0, 0.1) is 6.92 Å². The van der Waals surface area contributed by atoms with Crippen molar-refractivity contribution in [2.24, 2.45) is 0 Å². The fraction of sp³-hybridized carbons (Fsp3) is 0.182. The van der Waals surface area contributed by atoms with Gasteiger partial charge in [-0.15, -0.1) is 11.3 Å². The molecule has 1 aliphatic heterocycles. The zero-order valence-electron chi connectivity index (χ0n) is 16.8. The summed E-state index contributed by atoms with van der Waals surface area (Å²) in [6.07, 6.45) is 1.45. The zero-order valence-corrected chi connectivity index (χ0v) is 18.4. The van der Waals surface area contributed by atoms with Crippen molar-refractivity contribution in [1.82, 2.24) is 0 Å². The number of nitrogens with one attached hydrogen (secondary N) is 2. The van der Waals surface area contributed by atoms with Crippen molar-refractivity contribution >= 4 is 50.2 Å². The minimum Gasteiger partial charge on any atom is -0.318 e. The first-order valence-corrected chi connectivity index (χ1v) is 12.0. The van der Waals surface area contributed by atoms with E-state index in [1.807, 2.05) is 13.0 Å². The van der Waals surface area contributed by atoms with Crippen LogP contribution in [0.2, 0.25) is 0 Å². The summed E-state index contributed by atoms with van der Waals surface area (Å²) < 4.78 is 27.8. The number of nitrogens with zero attached hydrogens (tertiary/aromatic N) is 1. The van der Waals surface area contributed by atoms with Crippen LogP contribution in [0.15, 0.2) is 64.2 Å². The lowest BCUT2D eigenvalue weighted by atomic mass is 10.0. The molecule has 0 aliphatic carbocycles. The Bertz CT molecular complexity index is 1240. The summed E-state index contributed by atoms with van der Waals surface area (Å²) in [5.74, 6) is -1.63. The second-order valence-corrected chi connectivity index (χ2v) is 10.3. The van der Waals surface area contributed by atoms with Crippen LogP contribution in [-0.2, 0) is 26.0 Å². The van der Waals surface area contributed by atoms with Gasteiger partial charge in [0, 0.05) is 17.9 Å². The van der Waals surface area contributed by atoms with Crippen LogP contribution in [0.4, 0.5) is 17.1 Å². The molecular formula is C22H21N3O4S2. The first-order valence-electron chi connectivity index (χ1n) is 9.73. The van der Waals surface area contributed by atoms with Gasteiger partial charge in [-0.3, -0.25) is 13.9 Å². The molecular weight excluding hydrogens is 434 g/mol. The van der Waals surface area contributed by atoms with Crippen LogP contribution < -0.4 is 14.9 Å². The third-order valence-corrected chi connectivity index (χ3v) is 8.13. The largest absolute Gasteiger partial charge is 0.318 e.